The molecule has 2 rings (SSSR count). The molecule has 0 atom stereocenters. The highest BCUT2D eigenvalue weighted by Gasteiger charge is 2.13. The average Bonchev–Trinajstić information content (AvgIpc) is 2.85. The van der Waals surface area contributed by atoms with Gasteiger partial charge in [-0.25, -0.2) is 0 Å². The Labute approximate surface area is 125 Å². The summed E-state index contributed by atoms with van der Waals surface area (Å²) < 4.78 is 0. The first-order chi connectivity index (χ1) is 9.08. The molecule has 0 saturated heterocycles. The lowest BCUT2D eigenvalue weighted by atomic mass is 10.1. The van der Waals surface area contributed by atoms with Gasteiger partial charge in [-0.05, 0) is 23.3 Å². The van der Waals surface area contributed by atoms with E-state index in [9.17, 15) is 9.59 Å². The molecule has 5 nitrogen and oxygen atoms in total. The number of benzene rings is 1. The molecule has 1 aromatic rings. The summed E-state index contributed by atoms with van der Waals surface area (Å²) in [5.74, 6) is -0.111. The van der Waals surface area contributed by atoms with E-state index in [-0.39, 0.29) is 24.2 Å². The van der Waals surface area contributed by atoms with Gasteiger partial charge < -0.3 is 15.5 Å². The van der Waals surface area contributed by atoms with Gasteiger partial charge in [-0.2, -0.15) is 0 Å². The third-order valence-electron chi connectivity index (χ3n) is 3.22. The highest BCUT2D eigenvalue weighted by Crippen LogP contribution is 2.16. The Balaban J connectivity index is 0.00000200. The molecule has 2 amide bonds. The molecule has 2 N–H and O–H groups in total. The van der Waals surface area contributed by atoms with E-state index in [2.05, 4.69) is 10.6 Å². The van der Waals surface area contributed by atoms with E-state index in [1.807, 2.05) is 18.2 Å². The maximum Gasteiger partial charge on any atom is 0.251 e. The quantitative estimate of drug-likeness (QED) is 0.869. The van der Waals surface area contributed by atoms with Crippen molar-refractivity contribution < 1.29 is 9.59 Å². The van der Waals surface area contributed by atoms with Gasteiger partial charge in [0.25, 0.3) is 5.91 Å². The van der Waals surface area contributed by atoms with Gasteiger partial charge in [0.1, 0.15) is 0 Å². The maximum atomic E-state index is 11.9. The van der Waals surface area contributed by atoms with Crippen molar-refractivity contribution in [1.29, 1.82) is 0 Å². The Kier molecular flexibility index (Phi) is 5.98. The summed E-state index contributed by atoms with van der Waals surface area (Å²) in [6, 6.07) is 5.72. The zero-order valence-electron chi connectivity index (χ0n) is 11.7. The summed E-state index contributed by atoms with van der Waals surface area (Å²) in [6.07, 6.45) is 0.325. The Morgan fingerprint density at radius 3 is 2.65 bits per heavy atom. The molecule has 0 aromatic heterocycles. The van der Waals surface area contributed by atoms with Crippen LogP contribution in [0.2, 0.25) is 0 Å². The van der Waals surface area contributed by atoms with Gasteiger partial charge in [0.15, 0.2) is 0 Å². The number of halogens is 1. The predicted molar refractivity (Wildman–Crippen MR) is 79.9 cm³/mol. The van der Waals surface area contributed by atoms with Crippen molar-refractivity contribution in [2.45, 2.75) is 19.5 Å². The molecule has 1 aliphatic rings. The minimum atomic E-state index is -0.124. The number of carbonyl (C=O) groups excluding carboxylic acids is 2. The first-order valence-corrected chi connectivity index (χ1v) is 6.39. The van der Waals surface area contributed by atoms with Crippen molar-refractivity contribution >= 4 is 24.2 Å². The summed E-state index contributed by atoms with van der Waals surface area (Å²) in [4.78, 5) is 24.8. The predicted octanol–water partition coefficient (Wildman–Crippen LogP) is 0.920. The number of fused-ring (bicyclic) bond motifs is 1. The van der Waals surface area contributed by atoms with Crippen molar-refractivity contribution in [3.8, 4) is 0 Å². The number of nitrogens with one attached hydrogen (secondary N) is 2. The molecule has 20 heavy (non-hydrogen) atoms. The highest BCUT2D eigenvalue weighted by molar-refractivity contribution is 5.94. The van der Waals surface area contributed by atoms with Crippen LogP contribution in [-0.4, -0.2) is 37.4 Å². The molecule has 0 saturated carbocycles. The molecule has 0 radical (unpaired) electrons. The monoisotopic (exact) mass is 297 g/mol. The van der Waals surface area contributed by atoms with Crippen LogP contribution in [0.1, 0.15) is 27.9 Å². The molecule has 0 aliphatic carbocycles. The van der Waals surface area contributed by atoms with E-state index in [0.717, 1.165) is 13.1 Å². The summed E-state index contributed by atoms with van der Waals surface area (Å²) >= 11 is 0. The van der Waals surface area contributed by atoms with Crippen LogP contribution in [0.25, 0.3) is 0 Å². The normalized spacial score (nSPS) is 12.3. The van der Waals surface area contributed by atoms with Crippen molar-refractivity contribution in [3.05, 3.63) is 34.9 Å². The minimum Gasteiger partial charge on any atom is -0.352 e. The van der Waals surface area contributed by atoms with Crippen LogP contribution in [0.15, 0.2) is 18.2 Å². The van der Waals surface area contributed by atoms with Gasteiger partial charge in [-0.15, -0.1) is 12.4 Å². The SMILES string of the molecule is CN(C)C(=O)CCNC(=O)c1ccc2c(c1)CNC2.Cl. The molecule has 0 fully saturated rings. The van der Waals surface area contributed by atoms with Crippen molar-refractivity contribution in [3.63, 3.8) is 0 Å². The van der Waals surface area contributed by atoms with Gasteiger partial charge in [0, 0.05) is 45.7 Å². The number of hydrogen-bond donors (Lipinski definition) is 2. The fourth-order valence-electron chi connectivity index (χ4n) is 2.04. The topological polar surface area (TPSA) is 61.4 Å². The van der Waals surface area contributed by atoms with Crippen LogP contribution in [-0.2, 0) is 17.9 Å². The Bertz CT molecular complexity index is 503. The van der Waals surface area contributed by atoms with Gasteiger partial charge in [0.05, 0.1) is 0 Å². The largest absolute Gasteiger partial charge is 0.352 e. The molecule has 6 heteroatoms. The lowest BCUT2D eigenvalue weighted by molar-refractivity contribution is -0.128. The lowest BCUT2D eigenvalue weighted by Crippen LogP contribution is -2.30. The van der Waals surface area contributed by atoms with Crippen LogP contribution in [0.4, 0.5) is 0 Å². The van der Waals surface area contributed by atoms with E-state index in [1.165, 1.54) is 16.0 Å². The fraction of sp³-hybridized carbons (Fsp3) is 0.429. The molecule has 110 valence electrons. The van der Waals surface area contributed by atoms with Crippen LogP contribution < -0.4 is 10.6 Å². The first kappa shape index (κ1) is 16.5. The number of carbonyl (C=O) groups is 2. The summed E-state index contributed by atoms with van der Waals surface area (Å²) in [7, 11) is 3.41. The number of rotatable bonds is 4. The average molecular weight is 298 g/mol. The van der Waals surface area contributed by atoms with Gasteiger partial charge >= 0.3 is 0 Å². The zero-order valence-corrected chi connectivity index (χ0v) is 12.5. The Morgan fingerprint density at radius 1 is 1.25 bits per heavy atom. The third kappa shape index (κ3) is 3.95. The van der Waals surface area contributed by atoms with Gasteiger partial charge in [-0.3, -0.25) is 9.59 Å². The van der Waals surface area contributed by atoms with E-state index >= 15 is 0 Å². The standard InChI is InChI=1S/C14H19N3O2.ClH/c1-17(2)13(18)5-6-16-14(19)10-3-4-11-8-15-9-12(11)7-10;/h3-4,7,15H,5-6,8-9H2,1-2H3,(H,16,19);1H. The van der Waals surface area contributed by atoms with Crippen LogP contribution >= 0.6 is 12.4 Å². The van der Waals surface area contributed by atoms with Gasteiger partial charge in [0.2, 0.25) is 5.91 Å². The molecule has 0 unspecified atom stereocenters. The highest BCUT2D eigenvalue weighted by atomic mass is 35.5. The van der Waals surface area contributed by atoms with Crippen LogP contribution in [0, 0.1) is 0 Å². The van der Waals surface area contributed by atoms with Crippen molar-refractivity contribution in [2.24, 2.45) is 0 Å². The summed E-state index contributed by atoms with van der Waals surface area (Å²) in [5, 5.41) is 6.01. The first-order valence-electron chi connectivity index (χ1n) is 6.39. The molecule has 1 heterocycles. The Hall–Kier alpha value is -1.59. The molecule has 1 aromatic carbocycles. The maximum absolute atomic E-state index is 11.9. The summed E-state index contributed by atoms with van der Waals surface area (Å²) in [6.45, 7) is 2.05. The molecular formula is C14H20ClN3O2. The van der Waals surface area contributed by atoms with Crippen molar-refractivity contribution in [1.82, 2.24) is 15.5 Å². The van der Waals surface area contributed by atoms with E-state index in [0.29, 0.717) is 18.5 Å². The van der Waals surface area contributed by atoms with Crippen LogP contribution in [0.3, 0.4) is 0 Å². The molecule has 0 spiro atoms. The summed E-state index contributed by atoms with van der Waals surface area (Å²) in [5.41, 5.74) is 3.08. The molecular weight excluding hydrogens is 278 g/mol. The minimum absolute atomic E-state index is 0. The molecule has 1 aliphatic heterocycles. The van der Waals surface area contributed by atoms with Crippen LogP contribution in [0.5, 0.6) is 0 Å². The zero-order chi connectivity index (χ0) is 13.8. The van der Waals surface area contributed by atoms with Gasteiger partial charge in [-0.1, -0.05) is 6.07 Å². The van der Waals surface area contributed by atoms with E-state index in [4.69, 9.17) is 0 Å². The molecule has 0 bridgehead atoms. The van der Waals surface area contributed by atoms with Crippen molar-refractivity contribution in [2.75, 3.05) is 20.6 Å². The fourth-order valence-corrected chi connectivity index (χ4v) is 2.04. The number of nitrogens with zero attached hydrogens (tertiary/aromatic N) is 1. The third-order valence-corrected chi connectivity index (χ3v) is 3.22. The lowest BCUT2D eigenvalue weighted by Gasteiger charge is -2.10. The van der Waals surface area contributed by atoms with E-state index in [1.54, 1.807) is 14.1 Å². The second-order valence-electron chi connectivity index (χ2n) is 4.88. The second kappa shape index (κ2) is 7.26. The smallest absolute Gasteiger partial charge is 0.251 e. The second-order valence-corrected chi connectivity index (χ2v) is 4.88. The van der Waals surface area contributed by atoms with E-state index < -0.39 is 0 Å². The number of amides is 2. The number of hydrogen-bond acceptors (Lipinski definition) is 3. The Morgan fingerprint density at radius 2 is 1.95 bits per heavy atom.